The Morgan fingerprint density at radius 3 is 1.60 bits per heavy atom. The number of nitrogens with one attached hydrogen (secondary N) is 1. The highest BCUT2D eigenvalue weighted by Crippen LogP contribution is 2.47. The van der Waals surface area contributed by atoms with Gasteiger partial charge in [0.05, 0.1) is 0 Å². The van der Waals surface area contributed by atoms with Crippen molar-refractivity contribution in [1.82, 2.24) is 0 Å². The van der Waals surface area contributed by atoms with E-state index in [2.05, 4.69) is 145 Å². The Kier molecular flexibility index (Phi) is 10.2. The molecule has 0 unspecified atom stereocenters. The second-order valence-electron chi connectivity index (χ2n) is 13.4. The van der Waals surface area contributed by atoms with Crippen LogP contribution in [0.5, 0.6) is 0 Å². The Morgan fingerprint density at radius 1 is 0.473 bits per heavy atom. The lowest BCUT2D eigenvalue weighted by Gasteiger charge is -2.11. The SMILES string of the molecule is Cc1ccccc1.N=C(N=C(N)c1ccccc1)c1ccc(-c2cccc(-c3ccccc3)c2)c2sc3c(-c4ccccc4)cc(-c4ccccc4)cc3c12. The zero-order chi connectivity index (χ0) is 37.6. The largest absolute Gasteiger partial charge is 0.383 e. The average Bonchev–Trinajstić information content (AvgIpc) is 3.64. The topological polar surface area (TPSA) is 62.2 Å². The summed E-state index contributed by atoms with van der Waals surface area (Å²) < 4.78 is 2.30. The molecule has 0 fully saturated rings. The number of hydrogen-bond donors (Lipinski definition) is 2. The molecule has 9 aromatic rings. The number of nitrogens with zero attached hydrogens (tertiary/aromatic N) is 1. The first-order chi connectivity index (χ1) is 27.0. The predicted octanol–water partition coefficient (Wildman–Crippen LogP) is 13.4. The molecular weight excluding hydrogens is 687 g/mol. The van der Waals surface area contributed by atoms with Crippen molar-refractivity contribution < 1.29 is 0 Å². The van der Waals surface area contributed by atoms with Gasteiger partial charge in [0.2, 0.25) is 0 Å². The van der Waals surface area contributed by atoms with Gasteiger partial charge in [0, 0.05) is 36.9 Å². The van der Waals surface area contributed by atoms with Crippen LogP contribution in [-0.2, 0) is 0 Å². The van der Waals surface area contributed by atoms with Gasteiger partial charge < -0.3 is 5.73 Å². The molecule has 0 saturated heterocycles. The number of nitrogens with two attached hydrogens (primary N) is 1. The standard InChI is InChI=1S/C44H31N3S.C7H8/c45-43(32-20-11-4-12-21-32)47-44(46)37-25-24-36(34-23-13-22-33(26-34)29-14-5-1-6-15-29)42-40(37)39-28-35(30-16-7-2-8-17-30)27-38(41(39)48-42)31-18-9-3-10-19-31;1-7-5-3-2-4-6-7/h1-28H,(H3,45,46,47);2-6H,1H3. The van der Waals surface area contributed by atoms with Crippen molar-refractivity contribution >= 4 is 43.2 Å². The Balaban J connectivity index is 0.000000551. The molecular formula is C51H39N3S. The monoisotopic (exact) mass is 725 g/mol. The van der Waals surface area contributed by atoms with Crippen molar-refractivity contribution in [3.63, 3.8) is 0 Å². The number of rotatable bonds is 6. The molecule has 0 aliphatic rings. The number of fused-ring (bicyclic) bond motifs is 3. The number of benzene rings is 8. The third-order valence-corrected chi connectivity index (χ3v) is 11.0. The van der Waals surface area contributed by atoms with E-state index >= 15 is 0 Å². The normalized spacial score (nSPS) is 11.3. The van der Waals surface area contributed by atoms with Crippen LogP contribution >= 0.6 is 11.3 Å². The fourth-order valence-corrected chi connectivity index (χ4v) is 8.30. The first-order valence-corrected chi connectivity index (χ1v) is 19.2. The molecule has 0 atom stereocenters. The Labute approximate surface area is 326 Å². The molecule has 0 aliphatic heterocycles. The third kappa shape index (κ3) is 7.63. The summed E-state index contributed by atoms with van der Waals surface area (Å²) >= 11 is 1.78. The van der Waals surface area contributed by atoms with E-state index < -0.39 is 0 Å². The summed E-state index contributed by atoms with van der Waals surface area (Å²) in [6.07, 6.45) is 0. The molecule has 0 bridgehead atoms. The van der Waals surface area contributed by atoms with Crippen LogP contribution in [0.15, 0.2) is 205 Å². The van der Waals surface area contributed by atoms with E-state index in [1.54, 1.807) is 11.3 Å². The number of hydrogen-bond acceptors (Lipinski definition) is 2. The van der Waals surface area contributed by atoms with Crippen molar-refractivity contribution in [3.05, 3.63) is 217 Å². The molecule has 1 aromatic heterocycles. The minimum atomic E-state index is 0.136. The highest BCUT2D eigenvalue weighted by atomic mass is 32.1. The number of amidine groups is 2. The molecule has 8 aromatic carbocycles. The van der Waals surface area contributed by atoms with Crippen LogP contribution in [0.3, 0.4) is 0 Å². The van der Waals surface area contributed by atoms with Gasteiger partial charge in [0.25, 0.3) is 0 Å². The molecule has 4 heteroatoms. The van der Waals surface area contributed by atoms with Gasteiger partial charge in [0.15, 0.2) is 5.84 Å². The molecule has 0 saturated carbocycles. The van der Waals surface area contributed by atoms with Gasteiger partial charge in [-0.15, -0.1) is 11.3 Å². The molecule has 9 rings (SSSR count). The van der Waals surface area contributed by atoms with Crippen molar-refractivity contribution in [2.75, 3.05) is 0 Å². The van der Waals surface area contributed by atoms with Crippen LogP contribution in [-0.4, -0.2) is 11.7 Å². The Morgan fingerprint density at radius 2 is 1.00 bits per heavy atom. The van der Waals surface area contributed by atoms with Crippen LogP contribution in [0.1, 0.15) is 16.7 Å². The van der Waals surface area contributed by atoms with Gasteiger partial charge >= 0.3 is 0 Å². The number of aryl methyl sites for hydroxylation is 1. The zero-order valence-electron chi connectivity index (χ0n) is 30.5. The van der Waals surface area contributed by atoms with Crippen molar-refractivity contribution in [2.45, 2.75) is 6.92 Å². The summed E-state index contributed by atoms with van der Waals surface area (Å²) in [6.45, 7) is 2.08. The molecule has 264 valence electrons. The van der Waals surface area contributed by atoms with Crippen molar-refractivity contribution in [2.24, 2.45) is 10.7 Å². The molecule has 55 heavy (non-hydrogen) atoms. The number of aliphatic imine (C=N–C) groups is 1. The van der Waals surface area contributed by atoms with E-state index in [0.29, 0.717) is 5.84 Å². The third-order valence-electron chi connectivity index (χ3n) is 9.69. The van der Waals surface area contributed by atoms with Crippen molar-refractivity contribution in [3.8, 4) is 44.5 Å². The highest BCUT2D eigenvalue weighted by molar-refractivity contribution is 7.27. The lowest BCUT2D eigenvalue weighted by atomic mass is 9.93. The van der Waals surface area contributed by atoms with Crippen LogP contribution in [0.4, 0.5) is 0 Å². The summed E-state index contributed by atoms with van der Waals surface area (Å²) in [7, 11) is 0. The summed E-state index contributed by atoms with van der Waals surface area (Å²) in [4.78, 5) is 4.65. The Bertz CT molecular complexity index is 2760. The van der Waals surface area contributed by atoms with Crippen LogP contribution < -0.4 is 5.73 Å². The summed E-state index contributed by atoms with van der Waals surface area (Å²) in [6, 6.07) is 69.0. The molecule has 3 nitrogen and oxygen atoms in total. The maximum absolute atomic E-state index is 9.30. The first-order valence-electron chi connectivity index (χ1n) is 18.3. The molecule has 3 N–H and O–H groups in total. The minimum Gasteiger partial charge on any atom is -0.383 e. The maximum Gasteiger partial charge on any atom is 0.154 e. The minimum absolute atomic E-state index is 0.136. The van der Waals surface area contributed by atoms with Gasteiger partial charge in [-0.25, -0.2) is 4.99 Å². The molecule has 0 amide bonds. The van der Waals surface area contributed by atoms with Gasteiger partial charge in [0.1, 0.15) is 5.84 Å². The number of thiophene rings is 1. The van der Waals surface area contributed by atoms with Gasteiger partial charge in [-0.2, -0.15) is 0 Å². The van der Waals surface area contributed by atoms with Crippen LogP contribution in [0.2, 0.25) is 0 Å². The predicted molar refractivity (Wildman–Crippen MR) is 236 cm³/mol. The highest BCUT2D eigenvalue weighted by Gasteiger charge is 2.21. The second-order valence-corrected chi connectivity index (χ2v) is 14.4. The van der Waals surface area contributed by atoms with E-state index in [0.717, 1.165) is 60.0 Å². The average molecular weight is 726 g/mol. The summed E-state index contributed by atoms with van der Waals surface area (Å²) in [5.74, 6) is 0.458. The molecule has 1 heterocycles. The quantitative estimate of drug-likeness (QED) is 0.130. The van der Waals surface area contributed by atoms with E-state index in [4.69, 9.17) is 5.73 Å². The van der Waals surface area contributed by atoms with Crippen LogP contribution in [0.25, 0.3) is 64.7 Å². The fourth-order valence-electron chi connectivity index (χ4n) is 6.92. The maximum atomic E-state index is 9.30. The van der Waals surface area contributed by atoms with Crippen molar-refractivity contribution in [1.29, 1.82) is 5.41 Å². The first kappa shape index (κ1) is 35.2. The Hall–Kier alpha value is -6.88. The van der Waals surface area contributed by atoms with E-state index in [1.165, 1.54) is 21.4 Å². The lowest BCUT2D eigenvalue weighted by Crippen LogP contribution is -2.15. The smallest absolute Gasteiger partial charge is 0.154 e. The van der Waals surface area contributed by atoms with E-state index in [1.807, 2.05) is 66.7 Å². The molecule has 0 spiro atoms. The van der Waals surface area contributed by atoms with E-state index in [-0.39, 0.29) is 5.84 Å². The fraction of sp³-hybridized carbons (Fsp3) is 0.0196. The molecule has 0 radical (unpaired) electrons. The summed E-state index contributed by atoms with van der Waals surface area (Å²) in [5, 5.41) is 11.4. The van der Waals surface area contributed by atoms with E-state index in [9.17, 15) is 5.41 Å². The molecule has 0 aliphatic carbocycles. The zero-order valence-corrected chi connectivity index (χ0v) is 31.3. The lowest BCUT2D eigenvalue weighted by molar-refractivity contribution is 1.41. The van der Waals surface area contributed by atoms with Gasteiger partial charge in [-0.05, 0) is 70.1 Å². The summed E-state index contributed by atoms with van der Waals surface area (Å²) in [5.41, 5.74) is 18.5. The van der Waals surface area contributed by atoms with Gasteiger partial charge in [-0.1, -0.05) is 181 Å². The second kappa shape index (κ2) is 16.0. The van der Waals surface area contributed by atoms with Crippen LogP contribution in [0, 0.1) is 12.3 Å². The van der Waals surface area contributed by atoms with Gasteiger partial charge in [-0.3, -0.25) is 5.41 Å².